The van der Waals surface area contributed by atoms with E-state index in [1.807, 2.05) is 95.9 Å². The van der Waals surface area contributed by atoms with Crippen LogP contribution in [0.15, 0.2) is 91.0 Å². The number of nitrogens with zero attached hydrogens (tertiary/aromatic N) is 2. The number of hydrogen-bond acceptors (Lipinski definition) is 4. The molecule has 1 aliphatic heterocycles. The highest BCUT2D eigenvalue weighted by Crippen LogP contribution is 2.27. The molecule has 1 heterocycles. The molecule has 0 aliphatic carbocycles. The predicted molar refractivity (Wildman–Crippen MR) is 110 cm³/mol. The first-order valence-corrected chi connectivity index (χ1v) is 9.58. The molecule has 0 spiro atoms. The molecule has 5 nitrogen and oxygen atoms in total. The maximum atomic E-state index is 13.0. The molecule has 5 heteroatoms. The molecule has 3 aromatic rings. The number of piperazine rings is 1. The van der Waals surface area contributed by atoms with Gasteiger partial charge in [-0.15, -0.1) is 0 Å². The summed E-state index contributed by atoms with van der Waals surface area (Å²) in [6.45, 7) is 0.895. The Balaban J connectivity index is 1.56. The second-order valence-electron chi connectivity index (χ2n) is 6.98. The summed E-state index contributed by atoms with van der Waals surface area (Å²) in [6, 6.07) is 28.5. The lowest BCUT2D eigenvalue weighted by atomic mass is 10.1. The molecular formula is C24H22N2O3. The zero-order valence-electron chi connectivity index (χ0n) is 16.0. The van der Waals surface area contributed by atoms with Gasteiger partial charge in [0.15, 0.2) is 0 Å². The van der Waals surface area contributed by atoms with Gasteiger partial charge in [0.2, 0.25) is 18.0 Å². The van der Waals surface area contributed by atoms with Crippen molar-refractivity contribution in [3.63, 3.8) is 0 Å². The van der Waals surface area contributed by atoms with Crippen molar-refractivity contribution in [1.82, 2.24) is 9.80 Å². The minimum atomic E-state index is -0.794. The highest BCUT2D eigenvalue weighted by Gasteiger charge is 2.38. The molecule has 4 rings (SSSR count). The van der Waals surface area contributed by atoms with Crippen LogP contribution in [0.3, 0.4) is 0 Å². The SMILES string of the molecule is O=C1CN(Cc2ccccc2)CC(=O)N1C(Oc1ccccc1)c1ccccc1. The first kappa shape index (κ1) is 18.9. The van der Waals surface area contributed by atoms with Crippen LogP contribution < -0.4 is 4.74 Å². The highest BCUT2D eigenvalue weighted by molar-refractivity contribution is 5.99. The van der Waals surface area contributed by atoms with E-state index in [1.165, 1.54) is 4.90 Å². The fraction of sp³-hybridized carbons (Fsp3) is 0.167. The van der Waals surface area contributed by atoms with Crippen LogP contribution in [0, 0.1) is 0 Å². The van der Waals surface area contributed by atoms with Crippen LogP contribution in [0.2, 0.25) is 0 Å². The number of carbonyl (C=O) groups excluding carboxylic acids is 2. The van der Waals surface area contributed by atoms with Crippen LogP contribution in [0.5, 0.6) is 5.75 Å². The third-order valence-corrected chi connectivity index (χ3v) is 4.81. The molecule has 2 amide bonds. The molecule has 3 aromatic carbocycles. The number of imide groups is 1. The van der Waals surface area contributed by atoms with E-state index in [0.29, 0.717) is 12.3 Å². The second-order valence-corrected chi connectivity index (χ2v) is 6.98. The number of carbonyl (C=O) groups is 2. The van der Waals surface area contributed by atoms with Gasteiger partial charge in [0, 0.05) is 12.1 Å². The molecule has 0 bridgehead atoms. The average molecular weight is 386 g/mol. The maximum absolute atomic E-state index is 13.0. The van der Waals surface area contributed by atoms with Gasteiger partial charge in [-0.05, 0) is 17.7 Å². The van der Waals surface area contributed by atoms with Crippen molar-refractivity contribution in [3.05, 3.63) is 102 Å². The van der Waals surface area contributed by atoms with Gasteiger partial charge in [0.25, 0.3) is 0 Å². The predicted octanol–water partition coefficient (Wildman–Crippen LogP) is 3.64. The number of hydrogen-bond donors (Lipinski definition) is 0. The van der Waals surface area contributed by atoms with Crippen LogP contribution >= 0.6 is 0 Å². The van der Waals surface area contributed by atoms with E-state index in [2.05, 4.69) is 0 Å². The van der Waals surface area contributed by atoms with Crippen molar-refractivity contribution in [1.29, 1.82) is 0 Å². The number of para-hydroxylation sites is 1. The van der Waals surface area contributed by atoms with Crippen LogP contribution in [0.4, 0.5) is 0 Å². The zero-order chi connectivity index (χ0) is 20.1. The summed E-state index contributed by atoms with van der Waals surface area (Å²) in [5.74, 6) is 0.0811. The van der Waals surface area contributed by atoms with Crippen molar-refractivity contribution >= 4 is 11.8 Å². The van der Waals surface area contributed by atoms with Gasteiger partial charge < -0.3 is 4.74 Å². The fourth-order valence-corrected chi connectivity index (χ4v) is 3.46. The van der Waals surface area contributed by atoms with Gasteiger partial charge in [-0.1, -0.05) is 78.9 Å². The molecule has 29 heavy (non-hydrogen) atoms. The topological polar surface area (TPSA) is 49.9 Å². The summed E-state index contributed by atoms with van der Waals surface area (Å²) in [5.41, 5.74) is 1.83. The Labute approximate surface area is 170 Å². The minimum absolute atomic E-state index is 0.169. The smallest absolute Gasteiger partial charge is 0.246 e. The first-order chi connectivity index (χ1) is 14.2. The third-order valence-electron chi connectivity index (χ3n) is 4.81. The zero-order valence-corrected chi connectivity index (χ0v) is 16.0. The van der Waals surface area contributed by atoms with Crippen LogP contribution in [0.1, 0.15) is 17.4 Å². The molecule has 0 aromatic heterocycles. The van der Waals surface area contributed by atoms with Gasteiger partial charge in [0.05, 0.1) is 13.1 Å². The molecule has 0 N–H and O–H groups in total. The lowest BCUT2D eigenvalue weighted by molar-refractivity contribution is -0.162. The highest BCUT2D eigenvalue weighted by atomic mass is 16.5. The molecule has 0 radical (unpaired) electrons. The Morgan fingerprint density at radius 1 is 0.724 bits per heavy atom. The lowest BCUT2D eigenvalue weighted by Crippen LogP contribution is -2.55. The number of rotatable bonds is 6. The number of amides is 2. The third kappa shape index (κ3) is 4.52. The van der Waals surface area contributed by atoms with E-state index in [1.54, 1.807) is 0 Å². The van der Waals surface area contributed by atoms with Gasteiger partial charge in [-0.2, -0.15) is 0 Å². The van der Waals surface area contributed by atoms with Gasteiger partial charge in [-0.25, -0.2) is 4.90 Å². The molecule has 1 fully saturated rings. The second kappa shape index (κ2) is 8.71. The number of benzene rings is 3. The summed E-state index contributed by atoms with van der Waals surface area (Å²) in [6.07, 6.45) is -0.794. The molecule has 1 saturated heterocycles. The van der Waals surface area contributed by atoms with Crippen molar-refractivity contribution in [2.24, 2.45) is 0 Å². The van der Waals surface area contributed by atoms with E-state index in [9.17, 15) is 9.59 Å². The Kier molecular flexibility index (Phi) is 5.68. The van der Waals surface area contributed by atoms with Crippen molar-refractivity contribution < 1.29 is 14.3 Å². The van der Waals surface area contributed by atoms with Crippen LogP contribution in [-0.4, -0.2) is 34.7 Å². The molecular weight excluding hydrogens is 364 g/mol. The summed E-state index contributed by atoms with van der Waals surface area (Å²) < 4.78 is 6.10. The van der Waals surface area contributed by atoms with E-state index in [4.69, 9.17) is 4.74 Å². The standard InChI is InChI=1S/C24H22N2O3/c27-22-17-25(16-19-10-4-1-5-11-19)18-23(28)26(22)24(20-12-6-2-7-13-20)29-21-14-8-3-9-15-21/h1-15,24H,16-18H2. The van der Waals surface area contributed by atoms with Gasteiger partial charge in [-0.3, -0.25) is 14.5 Å². The summed E-state index contributed by atoms with van der Waals surface area (Å²) >= 11 is 0. The Hall–Kier alpha value is -3.44. The Morgan fingerprint density at radius 2 is 1.24 bits per heavy atom. The molecule has 1 unspecified atom stereocenters. The van der Waals surface area contributed by atoms with Crippen LogP contribution in [-0.2, 0) is 16.1 Å². The van der Waals surface area contributed by atoms with E-state index in [0.717, 1.165) is 11.1 Å². The quantitative estimate of drug-likeness (QED) is 0.607. The monoisotopic (exact) mass is 386 g/mol. The lowest BCUT2D eigenvalue weighted by Gasteiger charge is -2.37. The largest absolute Gasteiger partial charge is 0.466 e. The molecule has 1 aliphatic rings. The Bertz CT molecular complexity index is 943. The number of ether oxygens (including phenoxy) is 1. The maximum Gasteiger partial charge on any atom is 0.246 e. The summed E-state index contributed by atoms with van der Waals surface area (Å²) in [5, 5.41) is 0. The van der Waals surface area contributed by atoms with Crippen molar-refractivity contribution in [2.45, 2.75) is 12.8 Å². The molecule has 146 valence electrons. The van der Waals surface area contributed by atoms with E-state index < -0.39 is 6.23 Å². The molecule has 1 atom stereocenters. The normalized spacial score (nSPS) is 15.9. The summed E-state index contributed by atoms with van der Waals surface area (Å²) in [7, 11) is 0. The minimum Gasteiger partial charge on any atom is -0.466 e. The van der Waals surface area contributed by atoms with E-state index in [-0.39, 0.29) is 24.9 Å². The van der Waals surface area contributed by atoms with Crippen LogP contribution in [0.25, 0.3) is 0 Å². The van der Waals surface area contributed by atoms with Gasteiger partial charge >= 0.3 is 0 Å². The van der Waals surface area contributed by atoms with Crippen molar-refractivity contribution in [3.8, 4) is 5.75 Å². The fourth-order valence-electron chi connectivity index (χ4n) is 3.46. The average Bonchev–Trinajstić information content (AvgIpc) is 2.75. The van der Waals surface area contributed by atoms with Gasteiger partial charge in [0.1, 0.15) is 5.75 Å². The van der Waals surface area contributed by atoms with E-state index >= 15 is 0 Å². The molecule has 0 saturated carbocycles. The van der Waals surface area contributed by atoms with Crippen molar-refractivity contribution in [2.75, 3.05) is 13.1 Å². The Morgan fingerprint density at radius 3 is 1.83 bits per heavy atom. The first-order valence-electron chi connectivity index (χ1n) is 9.58. The summed E-state index contributed by atoms with van der Waals surface area (Å²) in [4.78, 5) is 29.1.